The minimum absolute atomic E-state index is 0.213. The van der Waals surface area contributed by atoms with Crippen molar-refractivity contribution in [1.29, 1.82) is 0 Å². The molecule has 0 bridgehead atoms. The highest BCUT2D eigenvalue weighted by molar-refractivity contribution is 7.92. The predicted molar refractivity (Wildman–Crippen MR) is 81.5 cm³/mol. The molecule has 0 fully saturated rings. The van der Waals surface area contributed by atoms with Crippen LogP contribution in [0.2, 0.25) is 0 Å². The fraction of sp³-hybridized carbons (Fsp3) is 0.214. The van der Waals surface area contributed by atoms with E-state index in [9.17, 15) is 13.2 Å². The van der Waals surface area contributed by atoms with Gasteiger partial charge in [0.15, 0.2) is 9.84 Å². The number of hydrogen-bond donors (Lipinski definition) is 1. The van der Waals surface area contributed by atoms with E-state index in [1.54, 1.807) is 42.7 Å². The summed E-state index contributed by atoms with van der Waals surface area (Å²) in [6, 6.07) is 8.34. The largest absolute Gasteiger partial charge is 0.424 e. The lowest BCUT2D eigenvalue weighted by molar-refractivity contribution is -0.115. The van der Waals surface area contributed by atoms with Crippen LogP contribution in [-0.4, -0.2) is 35.8 Å². The van der Waals surface area contributed by atoms with E-state index in [0.717, 1.165) is 6.26 Å². The quantitative estimate of drug-likeness (QED) is 0.899. The third-order valence-corrected chi connectivity index (χ3v) is 4.38. The van der Waals surface area contributed by atoms with Gasteiger partial charge in [-0.25, -0.2) is 18.4 Å². The second-order valence-electron chi connectivity index (χ2n) is 4.62. The molecule has 1 aromatic carbocycles. The first kappa shape index (κ1) is 15.9. The number of aromatic nitrogens is 2. The normalized spacial score (nSPS) is 12.5. The van der Waals surface area contributed by atoms with Crippen molar-refractivity contribution in [3.05, 3.63) is 42.7 Å². The van der Waals surface area contributed by atoms with Crippen LogP contribution in [0.25, 0.3) is 0 Å². The van der Waals surface area contributed by atoms with Gasteiger partial charge in [-0.15, -0.1) is 0 Å². The lowest BCUT2D eigenvalue weighted by atomic mass is 10.3. The van der Waals surface area contributed by atoms with E-state index in [4.69, 9.17) is 4.74 Å². The highest BCUT2D eigenvalue weighted by Gasteiger charge is 2.23. The lowest BCUT2D eigenvalue weighted by Gasteiger charge is -2.11. The van der Waals surface area contributed by atoms with Gasteiger partial charge >= 0.3 is 6.01 Å². The van der Waals surface area contributed by atoms with Gasteiger partial charge in [-0.2, -0.15) is 0 Å². The van der Waals surface area contributed by atoms with Crippen molar-refractivity contribution in [3.8, 4) is 11.8 Å². The Balaban J connectivity index is 2.02. The topological polar surface area (TPSA) is 98.2 Å². The van der Waals surface area contributed by atoms with Crippen molar-refractivity contribution in [2.45, 2.75) is 12.2 Å². The summed E-state index contributed by atoms with van der Waals surface area (Å²) in [5.74, 6) is -0.0806. The van der Waals surface area contributed by atoms with Crippen molar-refractivity contribution in [2.24, 2.45) is 0 Å². The SMILES string of the molecule is C[C@H](C(=O)Nc1ccc(Oc2ncccn2)cc1)S(C)(=O)=O. The molecular weight excluding hydrogens is 306 g/mol. The molecule has 0 unspecified atom stereocenters. The third kappa shape index (κ3) is 4.26. The Morgan fingerprint density at radius 2 is 1.77 bits per heavy atom. The number of carbonyl (C=O) groups is 1. The molecule has 1 amide bonds. The molecule has 1 heterocycles. The Hall–Kier alpha value is -2.48. The number of rotatable bonds is 5. The molecule has 1 N–H and O–H groups in total. The molecule has 0 radical (unpaired) electrons. The van der Waals surface area contributed by atoms with Gasteiger partial charge in [-0.3, -0.25) is 4.79 Å². The molecule has 2 rings (SSSR count). The van der Waals surface area contributed by atoms with E-state index in [1.807, 2.05) is 0 Å². The minimum atomic E-state index is -3.42. The van der Waals surface area contributed by atoms with Gasteiger partial charge < -0.3 is 10.1 Å². The molecule has 0 spiro atoms. The van der Waals surface area contributed by atoms with Crippen molar-refractivity contribution in [2.75, 3.05) is 11.6 Å². The third-order valence-electron chi connectivity index (χ3n) is 2.88. The molecule has 2 aromatic rings. The summed E-state index contributed by atoms with van der Waals surface area (Å²) >= 11 is 0. The standard InChI is InChI=1S/C14H15N3O4S/c1-10(22(2,19)20)13(18)17-11-4-6-12(7-5-11)21-14-15-8-3-9-16-14/h3-10H,1-2H3,(H,17,18)/t10-/m1/s1. The van der Waals surface area contributed by atoms with Gasteiger partial charge in [-0.1, -0.05) is 0 Å². The Morgan fingerprint density at radius 3 is 2.32 bits per heavy atom. The van der Waals surface area contributed by atoms with E-state index in [-0.39, 0.29) is 6.01 Å². The summed E-state index contributed by atoms with van der Waals surface area (Å²) in [7, 11) is -3.42. The van der Waals surface area contributed by atoms with Crippen molar-refractivity contribution >= 4 is 21.4 Å². The van der Waals surface area contributed by atoms with E-state index in [2.05, 4.69) is 15.3 Å². The molecule has 116 valence electrons. The van der Waals surface area contributed by atoms with E-state index < -0.39 is 21.0 Å². The van der Waals surface area contributed by atoms with Crippen LogP contribution < -0.4 is 10.1 Å². The number of sulfone groups is 1. The average Bonchev–Trinajstić information content (AvgIpc) is 2.48. The van der Waals surface area contributed by atoms with Gasteiger partial charge in [0, 0.05) is 24.3 Å². The summed E-state index contributed by atoms with van der Waals surface area (Å²) in [5.41, 5.74) is 0.474. The Bertz CT molecular complexity index is 745. The summed E-state index contributed by atoms with van der Waals surface area (Å²) < 4.78 is 28.1. The summed E-state index contributed by atoms with van der Waals surface area (Å²) in [6.45, 7) is 1.34. The smallest absolute Gasteiger partial charge is 0.321 e. The van der Waals surface area contributed by atoms with Crippen LogP contribution >= 0.6 is 0 Å². The maximum Gasteiger partial charge on any atom is 0.321 e. The number of ether oxygens (including phenoxy) is 1. The van der Waals surface area contributed by atoms with Crippen LogP contribution in [-0.2, 0) is 14.6 Å². The lowest BCUT2D eigenvalue weighted by Crippen LogP contribution is -2.31. The number of amides is 1. The molecular formula is C14H15N3O4S. The number of carbonyl (C=O) groups excluding carboxylic acids is 1. The first-order valence-corrected chi connectivity index (χ1v) is 8.36. The van der Waals surface area contributed by atoms with Gasteiger partial charge in [0.05, 0.1) is 0 Å². The zero-order chi connectivity index (χ0) is 16.2. The molecule has 22 heavy (non-hydrogen) atoms. The zero-order valence-electron chi connectivity index (χ0n) is 12.1. The minimum Gasteiger partial charge on any atom is -0.424 e. The average molecular weight is 321 g/mol. The maximum absolute atomic E-state index is 11.8. The predicted octanol–water partition coefficient (Wildman–Crippen LogP) is 1.64. The fourth-order valence-electron chi connectivity index (χ4n) is 1.49. The number of anilines is 1. The molecule has 0 saturated heterocycles. The maximum atomic E-state index is 11.8. The van der Waals surface area contributed by atoms with Gasteiger partial charge in [0.2, 0.25) is 5.91 Å². The Morgan fingerprint density at radius 1 is 1.18 bits per heavy atom. The van der Waals surface area contributed by atoms with Crippen molar-refractivity contribution < 1.29 is 17.9 Å². The monoisotopic (exact) mass is 321 g/mol. The Kier molecular flexibility index (Phi) is 4.71. The number of nitrogens with one attached hydrogen (secondary N) is 1. The van der Waals surface area contributed by atoms with Crippen LogP contribution in [0, 0.1) is 0 Å². The second-order valence-corrected chi connectivity index (χ2v) is 6.98. The van der Waals surface area contributed by atoms with Crippen LogP contribution in [0.4, 0.5) is 5.69 Å². The molecule has 8 heteroatoms. The highest BCUT2D eigenvalue weighted by atomic mass is 32.2. The zero-order valence-corrected chi connectivity index (χ0v) is 12.9. The number of nitrogens with zero attached hydrogens (tertiary/aromatic N) is 2. The first-order chi connectivity index (χ1) is 10.4. The fourth-order valence-corrected chi connectivity index (χ4v) is 1.94. The molecule has 1 atom stereocenters. The molecule has 1 aromatic heterocycles. The van der Waals surface area contributed by atoms with Gasteiger partial charge in [0.1, 0.15) is 11.0 Å². The molecule has 0 saturated carbocycles. The van der Waals surface area contributed by atoms with Gasteiger partial charge in [0.25, 0.3) is 0 Å². The van der Waals surface area contributed by atoms with Gasteiger partial charge in [-0.05, 0) is 37.3 Å². The van der Waals surface area contributed by atoms with Crippen LogP contribution in [0.15, 0.2) is 42.7 Å². The molecule has 0 aliphatic rings. The highest BCUT2D eigenvalue weighted by Crippen LogP contribution is 2.20. The Labute approximate surface area is 128 Å². The molecule has 0 aliphatic carbocycles. The van der Waals surface area contributed by atoms with E-state index >= 15 is 0 Å². The molecule has 7 nitrogen and oxygen atoms in total. The summed E-state index contributed by atoms with van der Waals surface area (Å²) in [6.07, 6.45) is 4.14. The first-order valence-electron chi connectivity index (χ1n) is 6.41. The van der Waals surface area contributed by atoms with E-state index in [1.165, 1.54) is 6.92 Å². The van der Waals surface area contributed by atoms with Crippen molar-refractivity contribution in [1.82, 2.24) is 9.97 Å². The molecule has 0 aliphatic heterocycles. The van der Waals surface area contributed by atoms with Crippen LogP contribution in [0.5, 0.6) is 11.8 Å². The second kappa shape index (κ2) is 6.52. The van der Waals surface area contributed by atoms with Crippen LogP contribution in [0.3, 0.4) is 0 Å². The number of hydrogen-bond acceptors (Lipinski definition) is 6. The van der Waals surface area contributed by atoms with Crippen LogP contribution in [0.1, 0.15) is 6.92 Å². The van der Waals surface area contributed by atoms with Crippen molar-refractivity contribution in [3.63, 3.8) is 0 Å². The summed E-state index contributed by atoms with van der Waals surface area (Å²) in [4.78, 5) is 19.6. The summed E-state index contributed by atoms with van der Waals surface area (Å²) in [5, 5.41) is 1.42. The number of benzene rings is 1. The van der Waals surface area contributed by atoms with E-state index in [0.29, 0.717) is 11.4 Å².